The van der Waals surface area contributed by atoms with Crippen LogP contribution in [0, 0.1) is 6.92 Å². The van der Waals surface area contributed by atoms with Gasteiger partial charge in [0.1, 0.15) is 0 Å². The van der Waals surface area contributed by atoms with Crippen molar-refractivity contribution in [2.75, 3.05) is 0 Å². The van der Waals surface area contributed by atoms with Crippen molar-refractivity contribution < 1.29 is 0 Å². The number of benzene rings is 1. The van der Waals surface area contributed by atoms with Crippen molar-refractivity contribution >= 4 is 11.6 Å². The highest BCUT2D eigenvalue weighted by atomic mass is 35.5. The number of hydrogen-bond donors (Lipinski definition) is 0. The van der Waals surface area contributed by atoms with Gasteiger partial charge in [0.05, 0.1) is 11.9 Å². The van der Waals surface area contributed by atoms with Crippen molar-refractivity contribution in [2.45, 2.75) is 20.4 Å². The second-order valence-electron chi connectivity index (χ2n) is 3.47. The third-order valence-electron chi connectivity index (χ3n) is 2.54. The maximum absolute atomic E-state index is 6.00. The number of imidazole rings is 1. The molecule has 0 atom stereocenters. The van der Waals surface area contributed by atoms with Crippen LogP contribution in [-0.4, -0.2) is 9.55 Å². The van der Waals surface area contributed by atoms with Gasteiger partial charge in [-0.25, -0.2) is 4.98 Å². The van der Waals surface area contributed by atoms with Gasteiger partial charge in [0.25, 0.3) is 0 Å². The van der Waals surface area contributed by atoms with Crippen LogP contribution in [0.15, 0.2) is 30.5 Å². The van der Waals surface area contributed by atoms with Crippen molar-refractivity contribution in [1.82, 2.24) is 9.55 Å². The molecule has 0 N–H and O–H groups in total. The Kier molecular flexibility index (Phi) is 2.78. The first-order valence-corrected chi connectivity index (χ1v) is 5.39. The normalized spacial score (nSPS) is 10.6. The quantitative estimate of drug-likeness (QED) is 0.757. The number of hydrogen-bond acceptors (Lipinski definition) is 1. The van der Waals surface area contributed by atoms with Gasteiger partial charge >= 0.3 is 0 Å². The lowest BCUT2D eigenvalue weighted by Gasteiger charge is -2.08. The summed E-state index contributed by atoms with van der Waals surface area (Å²) in [5.74, 6) is 0. The van der Waals surface area contributed by atoms with E-state index in [-0.39, 0.29) is 0 Å². The Balaban J connectivity index is 2.59. The fraction of sp³-hybridized carbons (Fsp3) is 0.250. The Morgan fingerprint density at radius 1 is 1.33 bits per heavy atom. The fourth-order valence-electron chi connectivity index (χ4n) is 1.73. The van der Waals surface area contributed by atoms with Crippen LogP contribution in [0.5, 0.6) is 0 Å². The van der Waals surface area contributed by atoms with Crippen molar-refractivity contribution in [3.05, 3.63) is 41.3 Å². The molecule has 1 aromatic carbocycles. The monoisotopic (exact) mass is 220 g/mol. The number of nitrogens with zero attached hydrogens (tertiary/aromatic N) is 2. The van der Waals surface area contributed by atoms with Crippen LogP contribution in [0.3, 0.4) is 0 Å². The standard InChI is InChI=1S/C12H13ClN2/c1-3-15-11(8-14-12(15)13)10-7-5-4-6-9(10)2/h4-8H,3H2,1-2H3. The molecule has 2 nitrogen and oxygen atoms in total. The summed E-state index contributed by atoms with van der Waals surface area (Å²) in [6, 6.07) is 8.25. The van der Waals surface area contributed by atoms with Gasteiger partial charge in [-0.1, -0.05) is 24.3 Å². The van der Waals surface area contributed by atoms with E-state index in [9.17, 15) is 0 Å². The molecular formula is C12H13ClN2. The molecule has 0 saturated carbocycles. The maximum Gasteiger partial charge on any atom is 0.203 e. The number of aromatic nitrogens is 2. The molecule has 0 radical (unpaired) electrons. The van der Waals surface area contributed by atoms with E-state index in [0.29, 0.717) is 5.28 Å². The van der Waals surface area contributed by atoms with E-state index in [2.05, 4.69) is 31.0 Å². The van der Waals surface area contributed by atoms with E-state index >= 15 is 0 Å². The molecule has 2 rings (SSSR count). The summed E-state index contributed by atoms with van der Waals surface area (Å²) in [6.45, 7) is 4.99. The lowest BCUT2D eigenvalue weighted by molar-refractivity contribution is 0.769. The summed E-state index contributed by atoms with van der Waals surface area (Å²) >= 11 is 6.00. The molecule has 3 heteroatoms. The second-order valence-corrected chi connectivity index (χ2v) is 3.81. The van der Waals surface area contributed by atoms with Crippen molar-refractivity contribution in [1.29, 1.82) is 0 Å². The SMILES string of the molecule is CCn1c(-c2ccccc2C)cnc1Cl. The number of aryl methyl sites for hydroxylation is 1. The second kappa shape index (κ2) is 4.07. The largest absolute Gasteiger partial charge is 0.315 e. The molecule has 0 amide bonds. The van der Waals surface area contributed by atoms with Crippen molar-refractivity contribution in [2.24, 2.45) is 0 Å². The van der Waals surface area contributed by atoms with E-state index < -0.39 is 0 Å². The molecule has 0 aliphatic carbocycles. The minimum absolute atomic E-state index is 0.552. The first kappa shape index (κ1) is 10.2. The maximum atomic E-state index is 6.00. The van der Waals surface area contributed by atoms with Gasteiger partial charge in [0.2, 0.25) is 5.28 Å². The summed E-state index contributed by atoms with van der Waals surface area (Å²) in [4.78, 5) is 4.13. The van der Waals surface area contributed by atoms with Crippen molar-refractivity contribution in [3.63, 3.8) is 0 Å². The highest BCUT2D eigenvalue weighted by Crippen LogP contribution is 2.25. The number of halogens is 1. The van der Waals surface area contributed by atoms with Crippen molar-refractivity contribution in [3.8, 4) is 11.3 Å². The summed E-state index contributed by atoms with van der Waals surface area (Å²) in [7, 11) is 0. The smallest absolute Gasteiger partial charge is 0.203 e. The molecule has 2 aromatic rings. The highest BCUT2D eigenvalue weighted by Gasteiger charge is 2.09. The van der Waals surface area contributed by atoms with Gasteiger partial charge in [-0.15, -0.1) is 0 Å². The van der Waals surface area contributed by atoms with Crippen LogP contribution in [0.2, 0.25) is 5.28 Å². The molecule has 0 unspecified atom stereocenters. The molecule has 78 valence electrons. The first-order valence-electron chi connectivity index (χ1n) is 5.01. The highest BCUT2D eigenvalue weighted by molar-refractivity contribution is 6.28. The molecule has 0 spiro atoms. The van der Waals surface area contributed by atoms with Gasteiger partial charge in [-0.2, -0.15) is 0 Å². The van der Waals surface area contributed by atoms with Gasteiger partial charge in [-0.3, -0.25) is 0 Å². The fourth-order valence-corrected chi connectivity index (χ4v) is 1.99. The van der Waals surface area contributed by atoms with Crippen LogP contribution in [-0.2, 0) is 6.54 Å². The predicted molar refractivity (Wildman–Crippen MR) is 63.1 cm³/mol. The van der Waals surface area contributed by atoms with Crippen LogP contribution < -0.4 is 0 Å². The summed E-state index contributed by atoms with van der Waals surface area (Å²) < 4.78 is 2.00. The molecule has 0 bridgehead atoms. The molecular weight excluding hydrogens is 208 g/mol. The third-order valence-corrected chi connectivity index (χ3v) is 2.85. The van der Waals surface area contributed by atoms with Crippen LogP contribution >= 0.6 is 11.6 Å². The van der Waals surface area contributed by atoms with E-state index in [1.807, 2.05) is 22.9 Å². The Bertz CT molecular complexity index is 474. The lowest BCUT2D eigenvalue weighted by Crippen LogP contribution is -1.97. The Morgan fingerprint density at radius 3 is 2.73 bits per heavy atom. The topological polar surface area (TPSA) is 17.8 Å². The average molecular weight is 221 g/mol. The predicted octanol–water partition coefficient (Wildman–Crippen LogP) is 3.53. The van der Waals surface area contributed by atoms with Gasteiger partial charge in [-0.05, 0) is 31.0 Å². The average Bonchev–Trinajstić information content (AvgIpc) is 2.60. The Hall–Kier alpha value is -1.28. The Morgan fingerprint density at radius 2 is 2.07 bits per heavy atom. The van der Waals surface area contributed by atoms with Gasteiger partial charge in [0, 0.05) is 12.1 Å². The van der Waals surface area contributed by atoms with Gasteiger partial charge in [0.15, 0.2) is 0 Å². The molecule has 0 aliphatic heterocycles. The third kappa shape index (κ3) is 1.77. The summed E-state index contributed by atoms with van der Waals surface area (Å²) in [5.41, 5.74) is 3.52. The molecule has 1 heterocycles. The molecule has 0 aliphatic rings. The molecule has 0 fully saturated rings. The molecule has 0 saturated heterocycles. The summed E-state index contributed by atoms with van der Waals surface area (Å²) in [5, 5.41) is 0.552. The minimum atomic E-state index is 0.552. The van der Waals surface area contributed by atoms with E-state index in [0.717, 1.165) is 12.2 Å². The molecule has 1 aromatic heterocycles. The molecule has 15 heavy (non-hydrogen) atoms. The van der Waals surface area contributed by atoms with Crippen LogP contribution in [0.4, 0.5) is 0 Å². The Labute approximate surface area is 94.5 Å². The minimum Gasteiger partial charge on any atom is -0.315 e. The first-order chi connectivity index (χ1) is 7.24. The van der Waals surface area contributed by atoms with E-state index in [1.54, 1.807) is 0 Å². The van der Waals surface area contributed by atoms with Crippen LogP contribution in [0.25, 0.3) is 11.3 Å². The zero-order chi connectivity index (χ0) is 10.8. The summed E-state index contributed by atoms with van der Waals surface area (Å²) in [6.07, 6.45) is 1.83. The van der Waals surface area contributed by atoms with Crippen LogP contribution in [0.1, 0.15) is 12.5 Å². The lowest BCUT2D eigenvalue weighted by atomic mass is 10.1. The zero-order valence-electron chi connectivity index (χ0n) is 8.87. The zero-order valence-corrected chi connectivity index (χ0v) is 9.62. The van der Waals surface area contributed by atoms with E-state index in [1.165, 1.54) is 11.1 Å². The van der Waals surface area contributed by atoms with Gasteiger partial charge < -0.3 is 4.57 Å². The number of rotatable bonds is 2. The van der Waals surface area contributed by atoms with E-state index in [4.69, 9.17) is 11.6 Å².